The summed E-state index contributed by atoms with van der Waals surface area (Å²) in [6, 6.07) is 15.8. The zero-order chi connectivity index (χ0) is 17.9. The Labute approximate surface area is 157 Å². The van der Waals surface area contributed by atoms with Gasteiger partial charge in [0.05, 0.1) is 12.0 Å². The first-order valence-corrected chi connectivity index (χ1v) is 9.17. The number of aromatic nitrogens is 1. The highest BCUT2D eigenvalue weighted by Crippen LogP contribution is 2.26. The summed E-state index contributed by atoms with van der Waals surface area (Å²) >= 11 is 5.96. The molecule has 1 aromatic heterocycles. The molecule has 4 N–H and O–H groups in total. The normalized spacial score (nSPS) is 19.7. The lowest BCUT2D eigenvalue weighted by Gasteiger charge is -2.18. The molecule has 0 radical (unpaired) electrons. The van der Waals surface area contributed by atoms with E-state index in [1.54, 1.807) is 0 Å². The molecule has 6 heteroatoms. The molecule has 1 aliphatic rings. The minimum Gasteiger partial charge on any atom is -0.361 e. The molecular formula is C20H21ClN4O. The van der Waals surface area contributed by atoms with Crippen LogP contribution in [-0.4, -0.2) is 24.0 Å². The standard InChI is InChI=1S/C20H21ClN4O/c21-15-7-5-13(6-8-15)19-17(12-24-25-19)20(26)22-10-9-14-11-23-18-4-2-1-3-16(14)18/h1-8,11,17,19,23-25H,9-10,12H2,(H,22,26). The molecule has 5 nitrogen and oxygen atoms in total. The predicted octanol–water partition coefficient (Wildman–Crippen LogP) is 2.95. The quantitative estimate of drug-likeness (QED) is 0.559. The van der Waals surface area contributed by atoms with E-state index in [9.17, 15) is 4.79 Å². The first-order valence-electron chi connectivity index (χ1n) is 8.79. The van der Waals surface area contributed by atoms with E-state index in [-0.39, 0.29) is 17.9 Å². The van der Waals surface area contributed by atoms with E-state index >= 15 is 0 Å². The van der Waals surface area contributed by atoms with Gasteiger partial charge in [0.25, 0.3) is 0 Å². The molecule has 0 bridgehead atoms. The maximum absolute atomic E-state index is 12.7. The fraction of sp³-hybridized carbons (Fsp3) is 0.250. The zero-order valence-electron chi connectivity index (χ0n) is 14.3. The van der Waals surface area contributed by atoms with Crippen molar-refractivity contribution in [3.63, 3.8) is 0 Å². The molecule has 2 aromatic carbocycles. The van der Waals surface area contributed by atoms with Crippen LogP contribution in [-0.2, 0) is 11.2 Å². The van der Waals surface area contributed by atoms with Gasteiger partial charge >= 0.3 is 0 Å². The monoisotopic (exact) mass is 368 g/mol. The molecule has 26 heavy (non-hydrogen) atoms. The molecule has 2 unspecified atom stereocenters. The molecule has 2 heterocycles. The minimum atomic E-state index is -0.154. The van der Waals surface area contributed by atoms with Gasteiger partial charge in [-0.15, -0.1) is 0 Å². The highest BCUT2D eigenvalue weighted by atomic mass is 35.5. The van der Waals surface area contributed by atoms with Gasteiger partial charge in [-0.05, 0) is 35.7 Å². The lowest BCUT2D eigenvalue weighted by Crippen LogP contribution is -2.36. The Kier molecular flexibility index (Phi) is 4.93. The van der Waals surface area contributed by atoms with E-state index in [4.69, 9.17) is 11.6 Å². The molecule has 0 aliphatic carbocycles. The van der Waals surface area contributed by atoms with E-state index in [0.717, 1.165) is 17.5 Å². The first-order chi connectivity index (χ1) is 12.7. The molecule has 134 valence electrons. The van der Waals surface area contributed by atoms with Crippen molar-refractivity contribution >= 4 is 28.4 Å². The third-order valence-electron chi connectivity index (χ3n) is 4.92. The van der Waals surface area contributed by atoms with Crippen LogP contribution in [0.25, 0.3) is 10.9 Å². The fourth-order valence-corrected chi connectivity index (χ4v) is 3.64. The van der Waals surface area contributed by atoms with E-state index in [1.807, 2.05) is 42.6 Å². The van der Waals surface area contributed by atoms with Gasteiger partial charge in [0.1, 0.15) is 0 Å². The summed E-state index contributed by atoms with van der Waals surface area (Å²) in [7, 11) is 0. The molecule has 1 fully saturated rings. The number of carbonyl (C=O) groups is 1. The van der Waals surface area contributed by atoms with Crippen molar-refractivity contribution in [3.05, 3.63) is 70.9 Å². The molecular weight excluding hydrogens is 348 g/mol. The van der Waals surface area contributed by atoms with Gasteiger partial charge in [0, 0.05) is 35.2 Å². The van der Waals surface area contributed by atoms with Gasteiger partial charge in [-0.3, -0.25) is 10.2 Å². The van der Waals surface area contributed by atoms with E-state index < -0.39 is 0 Å². The lowest BCUT2D eigenvalue weighted by molar-refractivity contribution is -0.124. The molecule has 0 saturated carbocycles. The Morgan fingerprint density at radius 2 is 1.96 bits per heavy atom. The second-order valence-electron chi connectivity index (χ2n) is 6.56. The van der Waals surface area contributed by atoms with Crippen LogP contribution in [0.2, 0.25) is 5.02 Å². The average molecular weight is 369 g/mol. The van der Waals surface area contributed by atoms with Crippen molar-refractivity contribution in [1.29, 1.82) is 0 Å². The van der Waals surface area contributed by atoms with Gasteiger partial charge in [-0.2, -0.15) is 0 Å². The van der Waals surface area contributed by atoms with Crippen molar-refractivity contribution < 1.29 is 4.79 Å². The smallest absolute Gasteiger partial charge is 0.226 e. The number of hydrazine groups is 1. The number of carbonyl (C=O) groups excluding carboxylic acids is 1. The van der Waals surface area contributed by atoms with Crippen LogP contribution in [0.1, 0.15) is 17.2 Å². The average Bonchev–Trinajstić information content (AvgIpc) is 3.30. The van der Waals surface area contributed by atoms with Crippen molar-refractivity contribution in [3.8, 4) is 0 Å². The first kappa shape index (κ1) is 17.1. The number of nitrogens with one attached hydrogen (secondary N) is 4. The summed E-state index contributed by atoms with van der Waals surface area (Å²) in [6.45, 7) is 1.22. The lowest BCUT2D eigenvalue weighted by atomic mass is 9.94. The van der Waals surface area contributed by atoms with Crippen LogP contribution in [0.15, 0.2) is 54.7 Å². The van der Waals surface area contributed by atoms with Gasteiger partial charge in [0.2, 0.25) is 5.91 Å². The van der Waals surface area contributed by atoms with Crippen molar-refractivity contribution in [2.75, 3.05) is 13.1 Å². The Balaban J connectivity index is 1.37. The Morgan fingerprint density at radius 1 is 1.15 bits per heavy atom. The summed E-state index contributed by atoms with van der Waals surface area (Å²) in [4.78, 5) is 15.9. The summed E-state index contributed by atoms with van der Waals surface area (Å²) in [5.41, 5.74) is 9.69. The maximum Gasteiger partial charge on any atom is 0.226 e. The number of hydrogen-bond donors (Lipinski definition) is 4. The van der Waals surface area contributed by atoms with Gasteiger partial charge in [0.15, 0.2) is 0 Å². The molecule has 1 amide bonds. The number of hydrogen-bond acceptors (Lipinski definition) is 3. The summed E-state index contributed by atoms with van der Waals surface area (Å²) in [5.74, 6) is -0.0959. The molecule has 3 aromatic rings. The van der Waals surface area contributed by atoms with Gasteiger partial charge < -0.3 is 10.3 Å². The molecule has 4 rings (SSSR count). The number of fused-ring (bicyclic) bond motifs is 1. The van der Waals surface area contributed by atoms with Crippen LogP contribution in [0.3, 0.4) is 0 Å². The van der Waals surface area contributed by atoms with Crippen LogP contribution in [0.4, 0.5) is 0 Å². The van der Waals surface area contributed by atoms with E-state index in [2.05, 4.69) is 33.3 Å². The second kappa shape index (κ2) is 7.50. The van der Waals surface area contributed by atoms with Gasteiger partial charge in [-0.1, -0.05) is 41.9 Å². The van der Waals surface area contributed by atoms with Crippen molar-refractivity contribution in [1.82, 2.24) is 21.2 Å². The van der Waals surface area contributed by atoms with Crippen LogP contribution in [0, 0.1) is 5.92 Å². The SMILES string of the molecule is O=C(NCCc1c[nH]c2ccccc12)C1CNNC1c1ccc(Cl)cc1. The molecule has 1 aliphatic heterocycles. The Morgan fingerprint density at radius 3 is 2.81 bits per heavy atom. The zero-order valence-corrected chi connectivity index (χ0v) is 15.0. The van der Waals surface area contributed by atoms with Crippen LogP contribution >= 0.6 is 11.6 Å². The summed E-state index contributed by atoms with van der Waals surface area (Å²) in [6.07, 6.45) is 2.82. The number of rotatable bonds is 5. The number of amides is 1. The second-order valence-corrected chi connectivity index (χ2v) is 7.00. The van der Waals surface area contributed by atoms with Crippen molar-refractivity contribution in [2.45, 2.75) is 12.5 Å². The van der Waals surface area contributed by atoms with Crippen LogP contribution < -0.4 is 16.2 Å². The highest BCUT2D eigenvalue weighted by Gasteiger charge is 2.33. The number of para-hydroxylation sites is 1. The Bertz CT molecular complexity index is 906. The van der Waals surface area contributed by atoms with Crippen molar-refractivity contribution in [2.24, 2.45) is 5.92 Å². The number of halogens is 1. The fourth-order valence-electron chi connectivity index (χ4n) is 3.52. The Hall–Kier alpha value is -2.34. The third-order valence-corrected chi connectivity index (χ3v) is 5.17. The van der Waals surface area contributed by atoms with Crippen LogP contribution in [0.5, 0.6) is 0 Å². The van der Waals surface area contributed by atoms with E-state index in [1.165, 1.54) is 10.9 Å². The largest absolute Gasteiger partial charge is 0.361 e. The molecule has 1 saturated heterocycles. The number of aromatic amines is 1. The van der Waals surface area contributed by atoms with Gasteiger partial charge in [-0.25, -0.2) is 5.43 Å². The number of H-pyrrole nitrogens is 1. The summed E-state index contributed by atoms with van der Waals surface area (Å²) < 4.78 is 0. The molecule has 0 spiro atoms. The third kappa shape index (κ3) is 3.46. The minimum absolute atomic E-state index is 0.0552. The highest BCUT2D eigenvalue weighted by molar-refractivity contribution is 6.30. The summed E-state index contributed by atoms with van der Waals surface area (Å²) in [5, 5.41) is 4.99. The maximum atomic E-state index is 12.7. The topological polar surface area (TPSA) is 69.0 Å². The number of benzene rings is 2. The van der Waals surface area contributed by atoms with E-state index in [0.29, 0.717) is 18.1 Å². The predicted molar refractivity (Wildman–Crippen MR) is 104 cm³/mol. The molecule has 2 atom stereocenters.